The molecule has 1 atom stereocenters. The molecule has 2 amide bonds. The van der Waals surface area contributed by atoms with Crippen LogP contribution in [0.2, 0.25) is 0 Å². The molecule has 1 aromatic rings. The fourth-order valence-electron chi connectivity index (χ4n) is 3.74. The average Bonchev–Trinajstić information content (AvgIpc) is 2.98. The number of unbranched alkanes of at least 4 members (excludes halogenated alkanes) is 3. The van der Waals surface area contributed by atoms with E-state index in [1.807, 2.05) is 12.1 Å². The molecule has 0 heterocycles. The molecule has 16 heteroatoms. The Kier molecular flexibility index (Phi) is 19.3. The Labute approximate surface area is 264 Å². The smallest absolute Gasteiger partial charge is 0.266 e. The quantitative estimate of drug-likeness (QED) is 0.0266. The minimum absolute atomic E-state index is 0.0663. The van der Waals surface area contributed by atoms with Crippen LogP contribution in [0.15, 0.2) is 23.9 Å². The number of ether oxygens (including phenoxy) is 2. The number of carbonyl (C=O) groups is 2. The second kappa shape index (κ2) is 22.1. The van der Waals surface area contributed by atoms with Crippen molar-refractivity contribution in [3.8, 4) is 11.5 Å². The Morgan fingerprint density at radius 3 is 1.81 bits per heavy atom. The van der Waals surface area contributed by atoms with Crippen LogP contribution < -0.4 is 53.7 Å². The molecule has 0 radical (unpaired) electrons. The van der Waals surface area contributed by atoms with Crippen LogP contribution in [0.1, 0.15) is 49.7 Å². The van der Waals surface area contributed by atoms with Crippen LogP contribution in [-0.4, -0.2) is 69.2 Å². The van der Waals surface area contributed by atoms with Crippen molar-refractivity contribution in [1.29, 1.82) is 10.8 Å². The maximum Gasteiger partial charge on any atom is 0.266 e. The maximum atomic E-state index is 12.3. The molecule has 1 aromatic carbocycles. The van der Waals surface area contributed by atoms with Gasteiger partial charge in [0.25, 0.3) is 5.91 Å². The van der Waals surface area contributed by atoms with Crippen LogP contribution in [0.25, 0.3) is 0 Å². The first kappa shape index (κ1) is 37.5. The number of carbonyl (C=O) groups excluding carboxylic acids is 2. The predicted molar refractivity (Wildman–Crippen MR) is 177 cm³/mol. The van der Waals surface area contributed by atoms with E-state index in [9.17, 15) is 9.59 Å². The lowest BCUT2D eigenvalue weighted by Crippen LogP contribution is -2.42. The van der Waals surface area contributed by atoms with Gasteiger partial charge >= 0.3 is 0 Å². The van der Waals surface area contributed by atoms with Gasteiger partial charge in [-0.25, -0.2) is 0 Å². The summed E-state index contributed by atoms with van der Waals surface area (Å²) in [5.74, 6) is 1.12. The van der Waals surface area contributed by atoms with E-state index in [0.717, 1.165) is 36.8 Å². The summed E-state index contributed by atoms with van der Waals surface area (Å²) in [5.41, 5.74) is 24.3. The fraction of sp³-hybridized carbons (Fsp3) is 0.556. The summed E-state index contributed by atoms with van der Waals surface area (Å²) in [6.07, 6.45) is 5.88. The second-order valence-electron chi connectivity index (χ2n) is 9.57. The highest BCUT2D eigenvalue weighted by Crippen LogP contribution is 2.32. The monoisotopic (exact) mass is 640 g/mol. The maximum absolute atomic E-state index is 12.3. The minimum atomic E-state index is -0.643. The third-order valence-corrected chi connectivity index (χ3v) is 6.76. The van der Waals surface area contributed by atoms with Gasteiger partial charge in [-0.2, -0.15) is 25.3 Å². The number of allylic oxidation sites excluding steroid dienone is 1. The van der Waals surface area contributed by atoms with Gasteiger partial charge in [0.1, 0.15) is 13.2 Å². The van der Waals surface area contributed by atoms with Crippen LogP contribution in [0.3, 0.4) is 0 Å². The molecule has 0 saturated carbocycles. The Morgan fingerprint density at radius 2 is 1.30 bits per heavy atom. The second-order valence-corrected chi connectivity index (χ2v) is 10.2. The third-order valence-electron chi connectivity index (χ3n) is 6.08. The largest absolute Gasteiger partial charge is 0.488 e. The summed E-state index contributed by atoms with van der Waals surface area (Å²) in [7, 11) is 0. The van der Waals surface area contributed by atoms with E-state index in [1.165, 1.54) is 0 Å². The molecular weight excluding hydrogens is 592 g/mol. The standard InChI is InChI=1S/C27H48N10O4S2/c28-20(6-2-1-4-8-36-26(30)31)24(38)34-10-12-40-22-14-18(16-42)19(17-43)15-23(22)41-13-11-35-25(39)21(29)7-3-5-9-37-27(32)33/h6,14-15,21,42-43H,1-5,7-13,16-17,28-29H2,(H,34,38)(H,35,39)(H4,30,31,36)(H4,32,33,37)/t21-/m1/s1. The van der Waals surface area contributed by atoms with Crippen molar-refractivity contribution in [1.82, 2.24) is 21.3 Å². The Balaban J connectivity index is 2.54. The average molecular weight is 641 g/mol. The zero-order valence-electron chi connectivity index (χ0n) is 24.5. The predicted octanol–water partition coefficient (Wildman–Crippen LogP) is 0.0128. The molecular formula is C27H48N10O4S2. The first-order valence-corrected chi connectivity index (χ1v) is 15.4. The molecule has 43 heavy (non-hydrogen) atoms. The highest BCUT2D eigenvalue weighted by atomic mass is 32.1. The van der Waals surface area contributed by atoms with Gasteiger partial charge in [-0.3, -0.25) is 20.4 Å². The number of rotatable bonds is 22. The highest BCUT2D eigenvalue weighted by Gasteiger charge is 2.14. The van der Waals surface area contributed by atoms with Gasteiger partial charge in [0.05, 0.1) is 24.8 Å². The van der Waals surface area contributed by atoms with Crippen molar-refractivity contribution in [2.75, 3.05) is 39.4 Å². The van der Waals surface area contributed by atoms with Crippen molar-refractivity contribution in [2.45, 2.75) is 56.1 Å². The number of hydrogen-bond donors (Lipinski definition) is 12. The number of nitrogens with two attached hydrogens (primary N) is 4. The van der Waals surface area contributed by atoms with Gasteiger partial charge in [-0.1, -0.05) is 6.08 Å². The molecule has 0 aliphatic carbocycles. The van der Waals surface area contributed by atoms with E-state index in [0.29, 0.717) is 48.9 Å². The lowest BCUT2D eigenvalue weighted by molar-refractivity contribution is -0.122. The van der Waals surface area contributed by atoms with Gasteiger partial charge in [-0.15, -0.1) is 0 Å². The van der Waals surface area contributed by atoms with E-state index < -0.39 is 6.04 Å². The first-order valence-electron chi connectivity index (χ1n) is 14.1. The zero-order valence-corrected chi connectivity index (χ0v) is 26.3. The topological polar surface area (TPSA) is 253 Å². The summed E-state index contributed by atoms with van der Waals surface area (Å²) < 4.78 is 11.8. The van der Waals surface area contributed by atoms with E-state index in [1.54, 1.807) is 6.08 Å². The number of hydrogen-bond acceptors (Lipinski definition) is 10. The number of amides is 2. The highest BCUT2D eigenvalue weighted by molar-refractivity contribution is 7.79. The molecule has 0 saturated heterocycles. The van der Waals surface area contributed by atoms with Gasteiger partial charge < -0.3 is 53.7 Å². The summed E-state index contributed by atoms with van der Waals surface area (Å²) in [6.45, 7) is 1.98. The van der Waals surface area contributed by atoms with Gasteiger partial charge in [0, 0.05) is 24.6 Å². The summed E-state index contributed by atoms with van der Waals surface area (Å²) in [5, 5.41) is 25.2. The van der Waals surface area contributed by atoms with Gasteiger partial charge in [0.2, 0.25) is 5.91 Å². The van der Waals surface area contributed by atoms with Crippen molar-refractivity contribution < 1.29 is 19.1 Å². The molecule has 0 aliphatic heterocycles. The molecule has 0 fully saturated rings. The molecule has 0 aromatic heterocycles. The molecule has 0 unspecified atom stereocenters. The normalized spacial score (nSPS) is 11.7. The number of thiol groups is 2. The van der Waals surface area contributed by atoms with Crippen LogP contribution >= 0.6 is 25.3 Å². The van der Waals surface area contributed by atoms with Gasteiger partial charge in [-0.05, 0) is 61.8 Å². The van der Waals surface area contributed by atoms with Crippen LogP contribution in [0, 0.1) is 10.8 Å². The molecule has 242 valence electrons. The number of guanidine groups is 2. The zero-order chi connectivity index (χ0) is 32.0. The Hall–Kier alpha value is -3.50. The van der Waals surface area contributed by atoms with E-state index in [4.69, 9.17) is 43.2 Å². The molecule has 0 bridgehead atoms. The van der Waals surface area contributed by atoms with Crippen molar-refractivity contribution in [2.24, 2.45) is 22.9 Å². The lowest BCUT2D eigenvalue weighted by Gasteiger charge is -2.17. The first-order chi connectivity index (χ1) is 20.6. The van der Waals surface area contributed by atoms with E-state index in [-0.39, 0.29) is 55.7 Å². The van der Waals surface area contributed by atoms with Crippen LogP contribution in [0.4, 0.5) is 0 Å². The Bertz CT molecular complexity index is 1070. The molecule has 0 aliphatic rings. The molecule has 0 spiro atoms. The van der Waals surface area contributed by atoms with E-state index in [2.05, 4.69) is 46.5 Å². The molecule has 14 nitrogen and oxygen atoms in total. The number of nitrogens with one attached hydrogen (secondary N) is 6. The summed E-state index contributed by atoms with van der Waals surface area (Å²) >= 11 is 8.80. The third kappa shape index (κ3) is 16.7. The van der Waals surface area contributed by atoms with Crippen LogP contribution in [0.5, 0.6) is 11.5 Å². The SMILES string of the molecule is N=C(N)NCCCCC=C(N)C(=O)NCCOc1cc(CS)c(CS)cc1OCCNC(=O)[C@H](N)CCCCNC(=N)N. The van der Waals surface area contributed by atoms with E-state index >= 15 is 0 Å². The van der Waals surface area contributed by atoms with Crippen LogP contribution in [-0.2, 0) is 21.1 Å². The minimum Gasteiger partial charge on any atom is -0.488 e. The molecule has 14 N–H and O–H groups in total. The molecule has 1 rings (SSSR count). The summed E-state index contributed by atoms with van der Waals surface area (Å²) in [6, 6.07) is 3.03. The van der Waals surface area contributed by atoms with Crippen molar-refractivity contribution in [3.05, 3.63) is 35.0 Å². The number of benzene rings is 1. The van der Waals surface area contributed by atoms with Gasteiger partial charge in [0.15, 0.2) is 23.4 Å². The van der Waals surface area contributed by atoms with Crippen molar-refractivity contribution in [3.63, 3.8) is 0 Å². The lowest BCUT2D eigenvalue weighted by atomic mass is 10.1. The summed E-state index contributed by atoms with van der Waals surface area (Å²) in [4.78, 5) is 24.6. The fourth-order valence-corrected chi connectivity index (χ4v) is 4.33. The Morgan fingerprint density at radius 1 is 0.791 bits per heavy atom. The van der Waals surface area contributed by atoms with Crippen molar-refractivity contribution >= 4 is 49.0 Å².